The number of hydrogen-bond donors (Lipinski definition) is 2. The molecule has 2 bridgehead atoms. The van der Waals surface area contributed by atoms with Crippen LogP contribution in [0.2, 0.25) is 0 Å². The van der Waals surface area contributed by atoms with Gasteiger partial charge in [-0.15, -0.1) is 0 Å². The number of aryl methyl sites for hydroxylation is 1. The van der Waals surface area contributed by atoms with E-state index in [9.17, 15) is 0 Å². The smallest absolute Gasteiger partial charge is 0.159 e. The summed E-state index contributed by atoms with van der Waals surface area (Å²) in [5.41, 5.74) is 9.41. The van der Waals surface area contributed by atoms with Crippen molar-refractivity contribution in [2.75, 3.05) is 4.90 Å². The number of nitrogens with two attached hydrogens (primary N) is 1. The van der Waals surface area contributed by atoms with Crippen molar-refractivity contribution in [2.24, 2.45) is 12.8 Å². The van der Waals surface area contributed by atoms with E-state index in [0.29, 0.717) is 45.3 Å². The van der Waals surface area contributed by atoms with Gasteiger partial charge in [0.25, 0.3) is 0 Å². The second-order valence-electron chi connectivity index (χ2n) is 8.31. The van der Waals surface area contributed by atoms with Crippen LogP contribution in [0, 0.1) is 5.82 Å². The Morgan fingerprint density at radius 1 is 1.17 bits per heavy atom. The maximum atomic E-state index is 15.2. The molecule has 0 radical (unpaired) electrons. The SMILES string of the molecule is Cn1cc2c(F)c(-c3c[nH]c4nc(N5C6CCC5CC(N)C6)cnc34)ccc2n1. The lowest BCUT2D eigenvalue weighted by Gasteiger charge is -2.38. The molecule has 0 saturated carbocycles. The fourth-order valence-electron chi connectivity index (χ4n) is 5.20. The van der Waals surface area contributed by atoms with Crippen molar-refractivity contribution in [2.45, 2.75) is 43.8 Å². The van der Waals surface area contributed by atoms with Crippen LogP contribution in [0.3, 0.4) is 0 Å². The number of benzene rings is 1. The minimum atomic E-state index is -0.287. The van der Waals surface area contributed by atoms with Gasteiger partial charge in [-0.1, -0.05) is 0 Å². The van der Waals surface area contributed by atoms with Gasteiger partial charge in [-0.3, -0.25) is 4.68 Å². The summed E-state index contributed by atoms with van der Waals surface area (Å²) < 4.78 is 16.8. The first-order chi connectivity index (χ1) is 14.1. The molecule has 2 unspecified atom stereocenters. The normalized spacial score (nSPS) is 24.1. The first kappa shape index (κ1) is 16.9. The molecule has 2 fully saturated rings. The zero-order chi connectivity index (χ0) is 19.7. The molecule has 0 amide bonds. The number of aromatic nitrogens is 5. The number of fused-ring (bicyclic) bond motifs is 4. The van der Waals surface area contributed by atoms with Crippen molar-refractivity contribution >= 4 is 27.9 Å². The van der Waals surface area contributed by atoms with E-state index in [2.05, 4.69) is 20.0 Å². The number of piperidine rings is 1. The van der Waals surface area contributed by atoms with E-state index in [-0.39, 0.29) is 11.9 Å². The van der Waals surface area contributed by atoms with Crippen LogP contribution >= 0.6 is 0 Å². The predicted molar refractivity (Wildman–Crippen MR) is 110 cm³/mol. The molecule has 2 atom stereocenters. The molecule has 2 aliphatic heterocycles. The Morgan fingerprint density at radius 2 is 1.97 bits per heavy atom. The predicted octanol–water partition coefficient (Wildman–Crippen LogP) is 3.11. The lowest BCUT2D eigenvalue weighted by Crippen LogP contribution is -2.47. The van der Waals surface area contributed by atoms with E-state index in [4.69, 9.17) is 10.7 Å². The first-order valence-corrected chi connectivity index (χ1v) is 10.1. The van der Waals surface area contributed by atoms with Crippen LogP contribution in [0.5, 0.6) is 0 Å². The fourth-order valence-corrected chi connectivity index (χ4v) is 5.20. The molecule has 0 aliphatic carbocycles. The Balaban J connectivity index is 1.42. The van der Waals surface area contributed by atoms with Gasteiger partial charge in [0.1, 0.15) is 17.2 Å². The summed E-state index contributed by atoms with van der Waals surface area (Å²) in [5, 5.41) is 4.78. The number of halogens is 1. The lowest BCUT2D eigenvalue weighted by atomic mass is 9.98. The van der Waals surface area contributed by atoms with Crippen LogP contribution in [-0.4, -0.2) is 42.9 Å². The van der Waals surface area contributed by atoms with Gasteiger partial charge >= 0.3 is 0 Å². The molecule has 29 heavy (non-hydrogen) atoms. The van der Waals surface area contributed by atoms with Crippen molar-refractivity contribution in [3.8, 4) is 11.1 Å². The van der Waals surface area contributed by atoms with Crippen molar-refractivity contribution in [1.29, 1.82) is 0 Å². The molecule has 4 aromatic rings. The Morgan fingerprint density at radius 3 is 2.76 bits per heavy atom. The summed E-state index contributed by atoms with van der Waals surface area (Å²) in [4.78, 5) is 15.1. The molecule has 3 aromatic heterocycles. The highest BCUT2D eigenvalue weighted by Gasteiger charge is 2.40. The maximum Gasteiger partial charge on any atom is 0.159 e. The van der Waals surface area contributed by atoms with Crippen molar-refractivity contribution in [3.63, 3.8) is 0 Å². The van der Waals surface area contributed by atoms with Crippen LogP contribution in [0.4, 0.5) is 10.2 Å². The van der Waals surface area contributed by atoms with Crippen molar-refractivity contribution in [3.05, 3.63) is 36.5 Å². The maximum absolute atomic E-state index is 15.2. The number of nitrogens with zero attached hydrogens (tertiary/aromatic N) is 5. The van der Waals surface area contributed by atoms with E-state index in [1.807, 2.05) is 12.3 Å². The molecule has 8 heteroatoms. The zero-order valence-corrected chi connectivity index (χ0v) is 16.1. The second-order valence-corrected chi connectivity index (χ2v) is 8.31. The number of H-pyrrole nitrogens is 1. The lowest BCUT2D eigenvalue weighted by molar-refractivity contribution is 0.412. The Labute approximate surface area is 166 Å². The minimum Gasteiger partial charge on any atom is -0.349 e. The Bertz CT molecular complexity index is 1230. The van der Waals surface area contributed by atoms with Gasteiger partial charge < -0.3 is 15.6 Å². The monoisotopic (exact) mass is 391 g/mol. The highest BCUT2D eigenvalue weighted by molar-refractivity contribution is 5.94. The molecule has 1 aromatic carbocycles. The molecule has 6 rings (SSSR count). The number of nitrogens with one attached hydrogen (secondary N) is 1. The van der Waals surface area contributed by atoms with Crippen LogP contribution in [0.15, 0.2) is 30.7 Å². The molecule has 3 N–H and O–H groups in total. The van der Waals surface area contributed by atoms with Gasteiger partial charge in [-0.2, -0.15) is 5.10 Å². The molecule has 0 spiro atoms. The van der Waals surface area contributed by atoms with Gasteiger partial charge in [0.05, 0.1) is 17.1 Å². The van der Waals surface area contributed by atoms with Gasteiger partial charge in [-0.25, -0.2) is 14.4 Å². The van der Waals surface area contributed by atoms with Gasteiger partial charge in [0.2, 0.25) is 0 Å². The topological polar surface area (TPSA) is 88.7 Å². The van der Waals surface area contributed by atoms with Crippen LogP contribution in [-0.2, 0) is 7.05 Å². The quantitative estimate of drug-likeness (QED) is 0.548. The van der Waals surface area contributed by atoms with E-state index in [1.54, 1.807) is 30.2 Å². The van der Waals surface area contributed by atoms with Gasteiger partial charge in [0, 0.05) is 48.7 Å². The third kappa shape index (κ3) is 2.48. The number of aromatic amines is 1. The standard InChI is InChI=1S/C21H22FN7/c1-28-10-16-17(27-28)5-4-14(19(16)22)15-8-25-21-20(15)24-9-18(26-21)29-12-2-3-13(29)7-11(23)6-12/h4-5,8-13H,2-3,6-7,23H2,1H3,(H,25,26). The number of rotatable bonds is 2. The molecule has 148 valence electrons. The van der Waals surface area contributed by atoms with E-state index in [0.717, 1.165) is 31.5 Å². The average Bonchev–Trinajstić information content (AvgIpc) is 3.36. The van der Waals surface area contributed by atoms with Crippen LogP contribution < -0.4 is 10.6 Å². The molecule has 2 aliphatic rings. The van der Waals surface area contributed by atoms with Crippen molar-refractivity contribution in [1.82, 2.24) is 24.7 Å². The fraction of sp³-hybridized carbons (Fsp3) is 0.381. The summed E-state index contributed by atoms with van der Waals surface area (Å²) in [6, 6.07) is 4.76. The van der Waals surface area contributed by atoms with E-state index >= 15 is 4.39 Å². The highest BCUT2D eigenvalue weighted by atomic mass is 19.1. The van der Waals surface area contributed by atoms with Gasteiger partial charge in [-0.05, 0) is 37.8 Å². The molecule has 2 saturated heterocycles. The van der Waals surface area contributed by atoms with E-state index < -0.39 is 0 Å². The van der Waals surface area contributed by atoms with Gasteiger partial charge in [0.15, 0.2) is 5.65 Å². The number of anilines is 1. The van der Waals surface area contributed by atoms with E-state index in [1.165, 1.54) is 0 Å². The molecule has 5 heterocycles. The Hall–Kier alpha value is -3.00. The van der Waals surface area contributed by atoms with Crippen molar-refractivity contribution < 1.29 is 4.39 Å². The second kappa shape index (κ2) is 6.00. The Kier molecular flexibility index (Phi) is 3.50. The average molecular weight is 391 g/mol. The molecular weight excluding hydrogens is 369 g/mol. The third-order valence-corrected chi connectivity index (χ3v) is 6.43. The minimum absolute atomic E-state index is 0.280. The summed E-state index contributed by atoms with van der Waals surface area (Å²) in [6.45, 7) is 0. The third-order valence-electron chi connectivity index (χ3n) is 6.43. The largest absolute Gasteiger partial charge is 0.349 e. The summed E-state index contributed by atoms with van der Waals surface area (Å²) >= 11 is 0. The summed E-state index contributed by atoms with van der Waals surface area (Å²) in [7, 11) is 1.79. The van der Waals surface area contributed by atoms with Crippen LogP contribution in [0.25, 0.3) is 33.2 Å². The highest BCUT2D eigenvalue weighted by Crippen LogP contribution is 2.39. The van der Waals surface area contributed by atoms with Crippen LogP contribution in [0.1, 0.15) is 25.7 Å². The zero-order valence-electron chi connectivity index (χ0n) is 16.1. The molecular formula is C21H22FN7. The number of hydrogen-bond acceptors (Lipinski definition) is 5. The summed E-state index contributed by atoms with van der Waals surface area (Å²) in [5.74, 6) is 0.596. The molecule has 7 nitrogen and oxygen atoms in total. The summed E-state index contributed by atoms with van der Waals surface area (Å²) in [6.07, 6.45) is 9.63. The first-order valence-electron chi connectivity index (χ1n) is 10.1.